The van der Waals surface area contributed by atoms with Crippen LogP contribution in [0.25, 0.3) is 0 Å². The van der Waals surface area contributed by atoms with Gasteiger partial charge >= 0.3 is 0 Å². The standard InChI is InChI=1S/C38H65ClN8O9/c1-9-10-11-14-25(45-39)32(50)43-30(23(6)48)36(54)41-26(19-21(2)3)33(51)42-27(20-22(4)5)37(55)46-17-13-16-29(46)35(53)44-31(24(7)49)38(56)47-18-12-15-28(47)34(52)40-8/h19,22-31,45,48-49H,9-18,20H2,1-8H3,(H,40,52)(H,41,54)(H,42,51)(H,43,50)(H,44,53)/t23-,24?,25-,26-,27+,28-,29+,30?,31-/m0/s1. The molecule has 2 rings (SSSR count). The molecule has 2 heterocycles. The molecule has 8 N–H and O–H groups in total. The van der Waals surface area contributed by atoms with Crippen LogP contribution in [0.5, 0.6) is 0 Å². The molecular weight excluding hydrogens is 748 g/mol. The van der Waals surface area contributed by atoms with E-state index in [-0.39, 0.29) is 37.8 Å². The molecule has 2 aliphatic rings. The molecule has 0 aliphatic carbocycles. The quantitative estimate of drug-likeness (QED) is 0.0443. The van der Waals surface area contributed by atoms with E-state index in [2.05, 4.69) is 31.4 Å². The molecule has 9 atom stereocenters. The fraction of sp³-hybridized carbons (Fsp3) is 0.763. The zero-order valence-electron chi connectivity index (χ0n) is 34.2. The van der Waals surface area contributed by atoms with Gasteiger partial charge in [0.1, 0.15) is 42.3 Å². The second kappa shape index (κ2) is 23.4. The van der Waals surface area contributed by atoms with E-state index in [1.807, 2.05) is 20.8 Å². The van der Waals surface area contributed by atoms with Crippen molar-refractivity contribution in [3.63, 3.8) is 0 Å². The van der Waals surface area contributed by atoms with Crippen LogP contribution in [-0.4, -0.2) is 136 Å². The van der Waals surface area contributed by atoms with E-state index < -0.39 is 89.9 Å². The molecule has 2 fully saturated rings. The number of carbonyl (C=O) groups is 7. The van der Waals surface area contributed by atoms with Gasteiger partial charge in [0.15, 0.2) is 0 Å². The molecular formula is C38H65ClN8O9. The summed E-state index contributed by atoms with van der Waals surface area (Å²) in [4.78, 5) is 99.4. The van der Waals surface area contributed by atoms with Gasteiger partial charge in [-0.15, -0.1) is 0 Å². The lowest BCUT2D eigenvalue weighted by Crippen LogP contribution is -2.61. The van der Waals surface area contributed by atoms with Crippen molar-refractivity contribution in [3.8, 4) is 0 Å². The monoisotopic (exact) mass is 812 g/mol. The van der Waals surface area contributed by atoms with Crippen LogP contribution in [0.3, 0.4) is 0 Å². The number of likely N-dealkylation sites (N-methyl/N-ethyl adjacent to an activating group) is 1. The Morgan fingerprint density at radius 2 is 1.30 bits per heavy atom. The van der Waals surface area contributed by atoms with Crippen molar-refractivity contribution in [1.82, 2.24) is 41.2 Å². The first kappa shape index (κ1) is 48.3. The number of rotatable bonds is 21. The summed E-state index contributed by atoms with van der Waals surface area (Å²) in [7, 11) is 1.47. The number of carbonyl (C=O) groups excluding carboxylic acids is 7. The zero-order chi connectivity index (χ0) is 42.3. The third kappa shape index (κ3) is 14.0. The number of unbranched alkanes of at least 4 members (excludes halogenated alkanes) is 2. The minimum absolute atomic E-state index is 0.0859. The van der Waals surface area contributed by atoms with Gasteiger partial charge in [-0.05, 0) is 83.9 Å². The second-order valence-electron chi connectivity index (χ2n) is 15.5. The minimum Gasteiger partial charge on any atom is -0.391 e. The molecule has 0 bridgehead atoms. The largest absolute Gasteiger partial charge is 0.391 e. The highest BCUT2D eigenvalue weighted by Crippen LogP contribution is 2.23. The summed E-state index contributed by atoms with van der Waals surface area (Å²) in [5.41, 5.74) is 0.659. The number of aliphatic hydroxyl groups excluding tert-OH is 2. The van der Waals surface area contributed by atoms with E-state index in [0.29, 0.717) is 37.7 Å². The van der Waals surface area contributed by atoms with Crippen molar-refractivity contribution in [2.24, 2.45) is 5.92 Å². The van der Waals surface area contributed by atoms with Crippen molar-refractivity contribution >= 4 is 53.1 Å². The molecule has 17 nitrogen and oxygen atoms in total. The molecule has 0 spiro atoms. The molecule has 0 aromatic heterocycles. The van der Waals surface area contributed by atoms with Crippen molar-refractivity contribution in [2.75, 3.05) is 20.1 Å². The maximum absolute atomic E-state index is 14.2. The fourth-order valence-corrected chi connectivity index (χ4v) is 7.20. The van der Waals surface area contributed by atoms with E-state index in [1.165, 1.54) is 36.8 Å². The van der Waals surface area contributed by atoms with Gasteiger partial charge in [0.05, 0.1) is 12.2 Å². The molecule has 318 valence electrons. The van der Waals surface area contributed by atoms with Gasteiger partial charge in [-0.1, -0.05) is 51.7 Å². The van der Waals surface area contributed by atoms with Gasteiger partial charge in [0, 0.05) is 20.1 Å². The Morgan fingerprint density at radius 3 is 1.80 bits per heavy atom. The minimum atomic E-state index is -1.43. The number of halogens is 1. The lowest BCUT2D eigenvalue weighted by molar-refractivity contribution is -0.146. The molecule has 7 amide bonds. The number of nitrogens with one attached hydrogen (secondary N) is 6. The van der Waals surface area contributed by atoms with Gasteiger partial charge in [-0.3, -0.25) is 33.6 Å². The summed E-state index contributed by atoms with van der Waals surface area (Å²) in [6.45, 7) is 12.3. The topological polar surface area (TPSA) is 239 Å². The Morgan fingerprint density at radius 1 is 0.732 bits per heavy atom. The Hall–Kier alpha value is -3.80. The average Bonchev–Trinajstić information content (AvgIpc) is 3.83. The maximum Gasteiger partial charge on any atom is 0.248 e. The molecule has 2 aliphatic heterocycles. The summed E-state index contributed by atoms with van der Waals surface area (Å²) < 4.78 is 0. The van der Waals surface area contributed by atoms with Gasteiger partial charge in [0.2, 0.25) is 41.4 Å². The number of nitrogens with zero attached hydrogens (tertiary/aromatic N) is 2. The Bertz CT molecular complexity index is 1410. The summed E-state index contributed by atoms with van der Waals surface area (Å²) in [5.74, 6) is -4.39. The van der Waals surface area contributed by atoms with Gasteiger partial charge in [-0.2, -0.15) is 0 Å². The first-order valence-electron chi connectivity index (χ1n) is 19.8. The second-order valence-corrected chi connectivity index (χ2v) is 15.7. The lowest BCUT2D eigenvalue weighted by atomic mass is 10.0. The lowest BCUT2D eigenvalue weighted by Gasteiger charge is -2.33. The van der Waals surface area contributed by atoms with Crippen LogP contribution in [0.4, 0.5) is 0 Å². The molecule has 56 heavy (non-hydrogen) atoms. The number of aliphatic hydroxyl groups is 2. The third-order valence-corrected chi connectivity index (χ3v) is 10.2. The molecule has 18 heteroatoms. The highest BCUT2D eigenvalue weighted by Gasteiger charge is 2.43. The zero-order valence-corrected chi connectivity index (χ0v) is 34.9. The van der Waals surface area contributed by atoms with Gasteiger partial charge in [-0.25, -0.2) is 4.84 Å². The van der Waals surface area contributed by atoms with E-state index >= 15 is 0 Å². The fourth-order valence-electron chi connectivity index (χ4n) is 7.00. The Kier molecular flexibility index (Phi) is 20.2. The Labute approximate surface area is 335 Å². The van der Waals surface area contributed by atoms with Crippen LogP contribution in [0.1, 0.15) is 106 Å². The van der Waals surface area contributed by atoms with Gasteiger partial charge < -0.3 is 46.6 Å². The van der Waals surface area contributed by atoms with Crippen molar-refractivity contribution in [3.05, 3.63) is 11.6 Å². The molecule has 0 saturated carbocycles. The van der Waals surface area contributed by atoms with Crippen LogP contribution < -0.4 is 31.4 Å². The number of hydrogen-bond acceptors (Lipinski definition) is 10. The average molecular weight is 813 g/mol. The van der Waals surface area contributed by atoms with Crippen LogP contribution >= 0.6 is 11.8 Å². The predicted octanol–water partition coefficient (Wildman–Crippen LogP) is 0.120. The van der Waals surface area contributed by atoms with Gasteiger partial charge in [0.25, 0.3) is 0 Å². The van der Waals surface area contributed by atoms with Crippen LogP contribution in [0.2, 0.25) is 0 Å². The van der Waals surface area contributed by atoms with Crippen molar-refractivity contribution < 1.29 is 43.8 Å². The molecule has 0 radical (unpaired) electrons. The van der Waals surface area contributed by atoms with E-state index in [4.69, 9.17) is 11.8 Å². The predicted molar refractivity (Wildman–Crippen MR) is 210 cm³/mol. The van der Waals surface area contributed by atoms with Crippen LogP contribution in [0, 0.1) is 5.92 Å². The highest BCUT2D eigenvalue weighted by atomic mass is 35.5. The summed E-state index contributed by atoms with van der Waals surface area (Å²) in [6.07, 6.45) is 3.70. The number of likely N-dealkylation sites (tertiary alicyclic amines) is 2. The number of amides is 7. The molecule has 0 aromatic carbocycles. The maximum atomic E-state index is 14.2. The van der Waals surface area contributed by atoms with Crippen molar-refractivity contribution in [2.45, 2.75) is 161 Å². The normalized spacial score (nSPS) is 20.5. The highest BCUT2D eigenvalue weighted by molar-refractivity contribution is 6.15. The SMILES string of the molecule is CCCCC[C@H](NCl)C(=O)NC(C(=O)N[C@@H](C=C(C)C)C(=O)N[C@H](CC(C)C)C(=O)N1CCC[C@@H]1C(=O)N[C@H](C(=O)N1CCC[C@H]1C(=O)NC)C(C)O)[C@H](C)O. The summed E-state index contributed by atoms with van der Waals surface area (Å²) in [5, 5.41) is 34.1. The smallest absolute Gasteiger partial charge is 0.248 e. The van der Waals surface area contributed by atoms with E-state index in [0.717, 1.165) is 12.8 Å². The van der Waals surface area contributed by atoms with E-state index in [9.17, 15) is 43.8 Å². The van der Waals surface area contributed by atoms with Crippen LogP contribution in [0.15, 0.2) is 11.6 Å². The molecule has 2 saturated heterocycles. The molecule has 0 aromatic rings. The first-order valence-corrected chi connectivity index (χ1v) is 20.2. The van der Waals surface area contributed by atoms with E-state index in [1.54, 1.807) is 13.8 Å². The molecule has 2 unspecified atom stereocenters. The summed E-state index contributed by atoms with van der Waals surface area (Å²) >= 11 is 5.82. The van der Waals surface area contributed by atoms with Crippen LogP contribution in [-0.2, 0) is 33.6 Å². The van der Waals surface area contributed by atoms with Crippen molar-refractivity contribution in [1.29, 1.82) is 0 Å². The first-order chi connectivity index (χ1) is 26.4. The Balaban J connectivity index is 2.26. The number of allylic oxidation sites excluding steroid dienone is 1. The summed E-state index contributed by atoms with van der Waals surface area (Å²) in [6, 6.07) is -7.77. The number of hydrogen-bond donors (Lipinski definition) is 8. The third-order valence-electron chi connectivity index (χ3n) is 9.98.